The number of H-pyrrole nitrogens is 1. The molecule has 0 radical (unpaired) electrons. The van der Waals surface area contributed by atoms with Crippen LogP contribution in [0.25, 0.3) is 10.9 Å². The molecule has 0 bridgehead atoms. The average molecular weight is 331 g/mol. The highest BCUT2D eigenvalue weighted by Gasteiger charge is 2.13. The Balaban J connectivity index is 1.95. The first kappa shape index (κ1) is 12.8. The van der Waals surface area contributed by atoms with Crippen molar-refractivity contribution in [3.63, 3.8) is 0 Å². The molecule has 6 heteroatoms. The van der Waals surface area contributed by atoms with Crippen LogP contribution in [0.5, 0.6) is 0 Å². The topological polar surface area (TPSA) is 70.7 Å². The lowest BCUT2D eigenvalue weighted by molar-refractivity contribution is 0.102. The molecule has 2 aromatic heterocycles. The lowest BCUT2D eigenvalue weighted by Gasteiger charge is -2.04. The summed E-state index contributed by atoms with van der Waals surface area (Å²) < 4.78 is 0.595. The third kappa shape index (κ3) is 2.30. The Morgan fingerprint density at radius 2 is 2.05 bits per heavy atom. The molecule has 0 spiro atoms. The third-order valence-corrected chi connectivity index (χ3v) is 3.39. The molecule has 0 unspecified atom stereocenters. The summed E-state index contributed by atoms with van der Waals surface area (Å²) >= 11 is 3.19. The fraction of sp³-hybridized carbons (Fsp3) is 0.0714. The zero-order valence-corrected chi connectivity index (χ0v) is 12.2. The Bertz CT molecular complexity index is 779. The number of nitrogens with zero attached hydrogens (tertiary/aromatic N) is 2. The minimum absolute atomic E-state index is 0.276. The Labute approximate surface area is 123 Å². The predicted molar refractivity (Wildman–Crippen MR) is 80.7 cm³/mol. The van der Waals surface area contributed by atoms with E-state index in [4.69, 9.17) is 0 Å². The Kier molecular flexibility index (Phi) is 3.23. The maximum atomic E-state index is 12.2. The molecular formula is C14H11BrN4O. The number of para-hydroxylation sites is 1. The molecule has 3 rings (SSSR count). The molecule has 0 fully saturated rings. The van der Waals surface area contributed by atoms with Gasteiger partial charge in [0.05, 0.1) is 18.1 Å². The van der Waals surface area contributed by atoms with Crippen LogP contribution in [0.3, 0.4) is 0 Å². The fourth-order valence-electron chi connectivity index (χ4n) is 2.04. The van der Waals surface area contributed by atoms with E-state index in [0.717, 1.165) is 22.3 Å². The van der Waals surface area contributed by atoms with Gasteiger partial charge in [0.1, 0.15) is 10.3 Å². The van der Waals surface area contributed by atoms with Crippen molar-refractivity contribution in [2.45, 2.75) is 6.92 Å². The highest BCUT2D eigenvalue weighted by atomic mass is 79.9. The van der Waals surface area contributed by atoms with E-state index in [-0.39, 0.29) is 11.6 Å². The number of hydrogen-bond acceptors (Lipinski definition) is 3. The van der Waals surface area contributed by atoms with Gasteiger partial charge in [-0.2, -0.15) is 0 Å². The van der Waals surface area contributed by atoms with E-state index < -0.39 is 0 Å². The molecule has 1 aromatic carbocycles. The number of aryl methyl sites for hydroxylation is 1. The van der Waals surface area contributed by atoms with E-state index in [0.29, 0.717) is 4.60 Å². The number of hydrogen-bond donors (Lipinski definition) is 2. The van der Waals surface area contributed by atoms with Crippen molar-refractivity contribution in [1.82, 2.24) is 15.0 Å². The summed E-state index contributed by atoms with van der Waals surface area (Å²) in [6.45, 7) is 1.92. The van der Waals surface area contributed by atoms with E-state index in [2.05, 4.69) is 36.2 Å². The lowest BCUT2D eigenvalue weighted by atomic mass is 10.2. The molecule has 0 aliphatic rings. The number of anilines is 1. The maximum absolute atomic E-state index is 12.2. The van der Waals surface area contributed by atoms with Gasteiger partial charge in [-0.05, 0) is 28.9 Å². The number of aromatic amines is 1. The molecule has 2 heterocycles. The summed E-state index contributed by atoms with van der Waals surface area (Å²) in [4.78, 5) is 23.4. The van der Waals surface area contributed by atoms with E-state index >= 15 is 0 Å². The van der Waals surface area contributed by atoms with Crippen LogP contribution < -0.4 is 5.32 Å². The van der Waals surface area contributed by atoms with E-state index in [1.165, 1.54) is 12.4 Å². The number of halogens is 1. The number of benzene rings is 1. The quantitative estimate of drug-likeness (QED) is 0.757. The van der Waals surface area contributed by atoms with Gasteiger partial charge in [0.25, 0.3) is 5.91 Å². The number of rotatable bonds is 2. The fourth-order valence-corrected chi connectivity index (χ4v) is 2.25. The van der Waals surface area contributed by atoms with Gasteiger partial charge in [0.2, 0.25) is 0 Å². The monoisotopic (exact) mass is 330 g/mol. The molecule has 0 aliphatic carbocycles. The minimum Gasteiger partial charge on any atom is -0.357 e. The van der Waals surface area contributed by atoms with Gasteiger partial charge in [-0.3, -0.25) is 4.79 Å². The van der Waals surface area contributed by atoms with E-state index in [1.54, 1.807) is 0 Å². The predicted octanol–water partition coefficient (Wildman–Crippen LogP) is 3.28. The second-order valence-electron chi connectivity index (χ2n) is 4.35. The van der Waals surface area contributed by atoms with Crippen LogP contribution in [0.1, 0.15) is 16.2 Å². The summed E-state index contributed by atoms with van der Waals surface area (Å²) in [7, 11) is 0. The first-order valence-corrected chi connectivity index (χ1v) is 6.80. The van der Waals surface area contributed by atoms with Crippen LogP contribution in [0.2, 0.25) is 0 Å². The van der Waals surface area contributed by atoms with Gasteiger partial charge >= 0.3 is 0 Å². The highest BCUT2D eigenvalue weighted by molar-refractivity contribution is 9.10. The zero-order chi connectivity index (χ0) is 14.1. The second-order valence-corrected chi connectivity index (χ2v) is 5.16. The zero-order valence-electron chi connectivity index (χ0n) is 10.6. The summed E-state index contributed by atoms with van der Waals surface area (Å²) in [6.07, 6.45) is 2.93. The molecule has 0 saturated heterocycles. The van der Waals surface area contributed by atoms with Crippen LogP contribution in [0.4, 0.5) is 5.69 Å². The smallest absolute Gasteiger partial charge is 0.275 e. The van der Waals surface area contributed by atoms with Crippen molar-refractivity contribution >= 4 is 38.4 Å². The molecular weight excluding hydrogens is 320 g/mol. The summed E-state index contributed by atoms with van der Waals surface area (Å²) in [5.74, 6) is -0.280. The van der Waals surface area contributed by atoms with Crippen molar-refractivity contribution in [1.29, 1.82) is 0 Å². The van der Waals surface area contributed by atoms with Crippen LogP contribution in [-0.4, -0.2) is 20.9 Å². The van der Waals surface area contributed by atoms with Gasteiger partial charge < -0.3 is 10.3 Å². The normalized spacial score (nSPS) is 10.7. The SMILES string of the molecule is Cc1[nH]c2ccccc2c1NC(=O)c1cnc(Br)cn1. The van der Waals surface area contributed by atoms with Gasteiger partial charge in [-0.1, -0.05) is 18.2 Å². The first-order chi connectivity index (χ1) is 9.65. The molecule has 0 aliphatic heterocycles. The number of aromatic nitrogens is 3. The van der Waals surface area contributed by atoms with Gasteiger partial charge in [-0.25, -0.2) is 9.97 Å². The minimum atomic E-state index is -0.280. The van der Waals surface area contributed by atoms with Crippen molar-refractivity contribution in [2.75, 3.05) is 5.32 Å². The van der Waals surface area contributed by atoms with E-state index in [1.807, 2.05) is 31.2 Å². The number of carbonyl (C=O) groups excluding carboxylic acids is 1. The first-order valence-electron chi connectivity index (χ1n) is 6.01. The molecule has 20 heavy (non-hydrogen) atoms. The van der Waals surface area contributed by atoms with Crippen molar-refractivity contribution in [3.05, 3.63) is 52.7 Å². The van der Waals surface area contributed by atoms with Gasteiger partial charge in [0.15, 0.2) is 0 Å². The Morgan fingerprint density at radius 1 is 1.25 bits per heavy atom. The average Bonchev–Trinajstić information content (AvgIpc) is 2.76. The molecule has 0 saturated carbocycles. The number of amides is 1. The molecule has 5 nitrogen and oxygen atoms in total. The largest absolute Gasteiger partial charge is 0.357 e. The summed E-state index contributed by atoms with van der Waals surface area (Å²) in [5, 5.41) is 3.86. The Morgan fingerprint density at radius 3 is 2.80 bits per heavy atom. The maximum Gasteiger partial charge on any atom is 0.275 e. The molecule has 3 aromatic rings. The van der Waals surface area contributed by atoms with Crippen molar-refractivity contribution in [3.8, 4) is 0 Å². The molecule has 2 N–H and O–H groups in total. The van der Waals surface area contributed by atoms with Crippen LogP contribution >= 0.6 is 15.9 Å². The van der Waals surface area contributed by atoms with E-state index in [9.17, 15) is 4.79 Å². The van der Waals surface area contributed by atoms with Crippen LogP contribution in [0.15, 0.2) is 41.3 Å². The summed E-state index contributed by atoms with van der Waals surface area (Å²) in [5.41, 5.74) is 2.94. The van der Waals surface area contributed by atoms with Crippen LogP contribution in [0, 0.1) is 6.92 Å². The number of carbonyl (C=O) groups is 1. The summed E-state index contributed by atoms with van der Waals surface area (Å²) in [6, 6.07) is 7.81. The van der Waals surface area contributed by atoms with Crippen molar-refractivity contribution in [2.24, 2.45) is 0 Å². The molecule has 0 atom stereocenters. The third-order valence-electron chi connectivity index (χ3n) is 2.99. The number of nitrogens with one attached hydrogen (secondary N) is 2. The van der Waals surface area contributed by atoms with Crippen molar-refractivity contribution < 1.29 is 4.79 Å². The van der Waals surface area contributed by atoms with Gasteiger partial charge in [0, 0.05) is 16.6 Å². The lowest BCUT2D eigenvalue weighted by Crippen LogP contribution is -2.14. The number of fused-ring (bicyclic) bond motifs is 1. The second kappa shape index (κ2) is 5.05. The molecule has 1 amide bonds. The highest BCUT2D eigenvalue weighted by Crippen LogP contribution is 2.27. The standard InChI is InChI=1S/C14H11BrN4O/c1-8-13(9-4-2-3-5-10(9)18-8)19-14(20)11-6-17-12(15)7-16-11/h2-7,18H,1H3,(H,19,20). The van der Waals surface area contributed by atoms with Gasteiger partial charge in [-0.15, -0.1) is 0 Å². The molecule has 100 valence electrons. The Hall–Kier alpha value is -2.21. The van der Waals surface area contributed by atoms with Crippen LogP contribution in [-0.2, 0) is 0 Å².